The Morgan fingerprint density at radius 3 is 2.41 bits per heavy atom. The van der Waals surface area contributed by atoms with E-state index in [-0.39, 0.29) is 25.4 Å². The summed E-state index contributed by atoms with van der Waals surface area (Å²) in [5.41, 5.74) is -1.27. The number of esters is 1. The van der Waals surface area contributed by atoms with Gasteiger partial charge in [-0.2, -0.15) is 0 Å². The van der Waals surface area contributed by atoms with Gasteiger partial charge in [0.15, 0.2) is 0 Å². The van der Waals surface area contributed by atoms with Gasteiger partial charge in [-0.1, -0.05) is 46.3 Å². The molecule has 2 aliphatic rings. The molecule has 0 saturated carbocycles. The van der Waals surface area contributed by atoms with Crippen molar-refractivity contribution < 1.29 is 33.5 Å². The van der Waals surface area contributed by atoms with Crippen LogP contribution in [0.1, 0.15) is 11.1 Å². The van der Waals surface area contributed by atoms with Gasteiger partial charge in [-0.05, 0) is 23.3 Å². The molecule has 3 atom stereocenters. The molecule has 2 saturated heterocycles. The number of nitrogens with zero attached hydrogens (tertiary/aromatic N) is 2. The highest BCUT2D eigenvalue weighted by molar-refractivity contribution is 9.09. The maximum absolute atomic E-state index is 13.2. The number of carbonyl (C=O) groups excluding carboxylic acids is 3. The first kappa shape index (κ1) is 26.9. The fourth-order valence-corrected chi connectivity index (χ4v) is 6.59. The third-order valence-electron chi connectivity index (χ3n) is 6.23. The summed E-state index contributed by atoms with van der Waals surface area (Å²) in [6, 6.07) is 14.9. The number of nitrogens with one attached hydrogen (secondary N) is 1. The molecular formula is C24H24BrN3O8S. The second-order valence-electron chi connectivity index (χ2n) is 8.64. The molecule has 2 aromatic carbocycles. The van der Waals surface area contributed by atoms with E-state index in [1.54, 1.807) is 0 Å². The molecule has 37 heavy (non-hydrogen) atoms. The highest BCUT2D eigenvalue weighted by Crippen LogP contribution is 2.48. The van der Waals surface area contributed by atoms with Gasteiger partial charge in [0.1, 0.15) is 24.0 Å². The molecule has 0 bridgehead atoms. The fraction of sp³-hybridized carbons (Fsp3) is 0.375. The van der Waals surface area contributed by atoms with Gasteiger partial charge >= 0.3 is 12.1 Å². The van der Waals surface area contributed by atoms with Crippen LogP contribution in [0.5, 0.6) is 0 Å². The number of non-ortho nitro benzene ring substituents is 1. The molecular weight excluding hydrogens is 570 g/mol. The van der Waals surface area contributed by atoms with E-state index >= 15 is 0 Å². The zero-order valence-corrected chi connectivity index (χ0v) is 22.2. The first-order valence-electron chi connectivity index (χ1n) is 11.2. The molecule has 4 rings (SSSR count). The van der Waals surface area contributed by atoms with Crippen LogP contribution in [0, 0.1) is 15.5 Å². The standard InChI is InChI=1S/C24H24BrN3O8S/c1-34-24(26-22(31)36-12-17-7-9-18(10-8-17)28(32)33)19(29)27-14-23(13-25,15-37-20(24)27)21(30)35-11-16-5-3-2-4-6-16/h2-10,20H,11-15H2,1H3,(H,26,31)/t20-,23?,24?/m1/s1. The number of rotatable bonds is 9. The van der Waals surface area contributed by atoms with Crippen molar-refractivity contribution in [2.75, 3.05) is 24.7 Å². The van der Waals surface area contributed by atoms with E-state index in [0.29, 0.717) is 16.6 Å². The number of β-lactam (4-membered cyclic amide) rings is 1. The molecule has 0 radical (unpaired) electrons. The lowest BCUT2D eigenvalue weighted by atomic mass is 9.88. The minimum absolute atomic E-state index is 0.0791. The molecule has 196 valence electrons. The summed E-state index contributed by atoms with van der Waals surface area (Å²) in [5.74, 6) is -0.580. The van der Waals surface area contributed by atoms with Crippen molar-refractivity contribution in [1.29, 1.82) is 0 Å². The number of thioether (sulfide) groups is 1. The number of alkyl carbamates (subject to hydrolysis) is 1. The van der Waals surface area contributed by atoms with Crippen molar-refractivity contribution in [3.63, 3.8) is 0 Å². The van der Waals surface area contributed by atoms with E-state index in [2.05, 4.69) is 21.2 Å². The van der Waals surface area contributed by atoms with Crippen LogP contribution in [0.25, 0.3) is 0 Å². The van der Waals surface area contributed by atoms with Crippen LogP contribution >= 0.6 is 27.7 Å². The van der Waals surface area contributed by atoms with Gasteiger partial charge in [0.2, 0.25) is 0 Å². The Bertz CT molecular complexity index is 1180. The smallest absolute Gasteiger partial charge is 0.410 e. The Labute approximate surface area is 225 Å². The van der Waals surface area contributed by atoms with E-state index in [1.807, 2.05) is 30.3 Å². The van der Waals surface area contributed by atoms with Crippen LogP contribution in [-0.2, 0) is 37.0 Å². The van der Waals surface area contributed by atoms with Crippen LogP contribution in [0.2, 0.25) is 0 Å². The molecule has 0 spiro atoms. The van der Waals surface area contributed by atoms with Crippen LogP contribution in [-0.4, -0.2) is 63.6 Å². The van der Waals surface area contributed by atoms with E-state index in [1.165, 1.54) is 48.0 Å². The fourth-order valence-electron chi connectivity index (χ4n) is 4.09. The van der Waals surface area contributed by atoms with E-state index in [4.69, 9.17) is 14.2 Å². The average molecular weight is 594 g/mol. The lowest BCUT2D eigenvalue weighted by Gasteiger charge is -2.58. The van der Waals surface area contributed by atoms with E-state index < -0.39 is 39.4 Å². The topological polar surface area (TPSA) is 137 Å². The van der Waals surface area contributed by atoms with Crippen LogP contribution in [0.3, 0.4) is 0 Å². The number of benzene rings is 2. The number of amides is 2. The van der Waals surface area contributed by atoms with Gasteiger partial charge in [0.05, 0.1) is 4.92 Å². The summed E-state index contributed by atoms with van der Waals surface area (Å²) in [7, 11) is 1.31. The molecule has 2 fully saturated rings. The summed E-state index contributed by atoms with van der Waals surface area (Å²) in [6.45, 7) is 0.0763. The highest BCUT2D eigenvalue weighted by Gasteiger charge is 2.67. The third-order valence-corrected chi connectivity index (χ3v) is 8.92. The zero-order valence-electron chi connectivity index (χ0n) is 19.8. The molecule has 1 N–H and O–H groups in total. The Kier molecular flexibility index (Phi) is 8.05. The van der Waals surface area contributed by atoms with Crippen molar-refractivity contribution in [2.45, 2.75) is 24.3 Å². The van der Waals surface area contributed by atoms with Crippen molar-refractivity contribution >= 4 is 51.3 Å². The summed E-state index contributed by atoms with van der Waals surface area (Å²) >= 11 is 4.72. The second kappa shape index (κ2) is 11.1. The van der Waals surface area contributed by atoms with Gasteiger partial charge in [0, 0.05) is 36.9 Å². The largest absolute Gasteiger partial charge is 0.460 e. The monoisotopic (exact) mass is 593 g/mol. The summed E-state index contributed by atoms with van der Waals surface area (Å²) < 4.78 is 16.2. The molecule has 2 unspecified atom stereocenters. The number of methoxy groups -OCH3 is 1. The molecule has 2 amide bonds. The number of ether oxygens (including phenoxy) is 3. The van der Waals surface area contributed by atoms with Crippen molar-refractivity contribution in [3.8, 4) is 0 Å². The van der Waals surface area contributed by atoms with Gasteiger partial charge in [0.25, 0.3) is 17.3 Å². The molecule has 2 heterocycles. The number of nitro benzene ring substituents is 1. The Morgan fingerprint density at radius 1 is 1.14 bits per heavy atom. The minimum Gasteiger partial charge on any atom is -0.460 e. The van der Waals surface area contributed by atoms with Crippen molar-refractivity contribution in [2.24, 2.45) is 5.41 Å². The van der Waals surface area contributed by atoms with Crippen LogP contribution < -0.4 is 5.32 Å². The predicted octanol–water partition coefficient (Wildman–Crippen LogP) is 3.20. The lowest BCUT2D eigenvalue weighted by Crippen LogP contribution is -2.82. The molecule has 11 nitrogen and oxygen atoms in total. The molecule has 2 aliphatic heterocycles. The van der Waals surface area contributed by atoms with E-state index in [9.17, 15) is 24.5 Å². The van der Waals surface area contributed by atoms with Crippen molar-refractivity contribution in [3.05, 3.63) is 75.8 Å². The second-order valence-corrected chi connectivity index (χ2v) is 10.3. The Morgan fingerprint density at radius 2 is 1.78 bits per heavy atom. The Hall–Kier alpha value is -3.16. The predicted molar refractivity (Wildman–Crippen MR) is 137 cm³/mol. The summed E-state index contributed by atoms with van der Waals surface area (Å²) in [6.07, 6.45) is -0.881. The number of halogens is 1. The molecule has 0 aliphatic carbocycles. The number of hydrogen-bond acceptors (Lipinski definition) is 9. The quantitative estimate of drug-likeness (QED) is 0.116. The van der Waals surface area contributed by atoms with E-state index in [0.717, 1.165) is 5.56 Å². The number of carbonyl (C=O) groups is 3. The molecule has 13 heteroatoms. The Balaban J connectivity index is 1.36. The summed E-state index contributed by atoms with van der Waals surface area (Å²) in [5, 5.41) is 13.0. The number of hydrogen-bond donors (Lipinski definition) is 1. The minimum atomic E-state index is -1.64. The summed E-state index contributed by atoms with van der Waals surface area (Å²) in [4.78, 5) is 50.4. The third kappa shape index (κ3) is 5.29. The first-order chi connectivity index (χ1) is 17.7. The number of alkyl halides is 1. The van der Waals surface area contributed by atoms with Gasteiger partial charge in [-0.15, -0.1) is 11.8 Å². The van der Waals surface area contributed by atoms with Gasteiger partial charge < -0.3 is 19.1 Å². The first-order valence-corrected chi connectivity index (χ1v) is 13.3. The maximum Gasteiger partial charge on any atom is 0.410 e. The normalized spacial score (nSPS) is 24.4. The van der Waals surface area contributed by atoms with Gasteiger partial charge in [-0.25, -0.2) is 4.79 Å². The van der Waals surface area contributed by atoms with Crippen LogP contribution in [0.15, 0.2) is 54.6 Å². The zero-order chi connectivity index (χ0) is 26.6. The lowest BCUT2D eigenvalue weighted by molar-refractivity contribution is -0.384. The SMILES string of the molecule is COC1(NC(=O)OCc2ccc([N+](=O)[O-])cc2)C(=O)N2CC(CBr)(C(=O)OCc3ccccc3)CS[C@@H]21. The van der Waals surface area contributed by atoms with Crippen molar-refractivity contribution in [1.82, 2.24) is 10.2 Å². The molecule has 0 aromatic heterocycles. The molecule has 2 aromatic rings. The number of fused-ring (bicyclic) bond motifs is 1. The highest BCUT2D eigenvalue weighted by atomic mass is 79.9. The average Bonchev–Trinajstić information content (AvgIpc) is 2.93. The van der Waals surface area contributed by atoms with Gasteiger partial charge in [-0.3, -0.25) is 25.0 Å². The number of nitro groups is 1. The van der Waals surface area contributed by atoms with Crippen LogP contribution in [0.4, 0.5) is 10.5 Å². The maximum atomic E-state index is 13.2.